The van der Waals surface area contributed by atoms with Crippen molar-refractivity contribution in [1.82, 2.24) is 0 Å². The van der Waals surface area contributed by atoms with E-state index in [4.69, 9.17) is 15.2 Å². The van der Waals surface area contributed by atoms with Gasteiger partial charge in [-0.15, -0.1) is 0 Å². The fourth-order valence-electron chi connectivity index (χ4n) is 2.46. The first-order valence-corrected chi connectivity index (χ1v) is 7.91. The molecule has 0 aliphatic heterocycles. The quantitative estimate of drug-likeness (QED) is 0.779. The van der Waals surface area contributed by atoms with Crippen LogP contribution in [-0.2, 0) is 0 Å². The Balaban J connectivity index is 2.13. The van der Waals surface area contributed by atoms with Crippen molar-refractivity contribution in [3.63, 3.8) is 0 Å². The Kier molecular flexibility index (Phi) is 5.72. The SMILES string of the molecule is CCCOc1ccc(C(N)C2CCC2)cc1OCCC. The van der Waals surface area contributed by atoms with Crippen LogP contribution in [0.2, 0.25) is 0 Å². The van der Waals surface area contributed by atoms with Gasteiger partial charge < -0.3 is 15.2 Å². The summed E-state index contributed by atoms with van der Waals surface area (Å²) in [5, 5.41) is 0. The Morgan fingerprint density at radius 2 is 1.75 bits per heavy atom. The van der Waals surface area contributed by atoms with E-state index in [9.17, 15) is 0 Å². The molecule has 0 amide bonds. The third-order valence-electron chi connectivity index (χ3n) is 3.93. The monoisotopic (exact) mass is 277 g/mol. The number of ether oxygens (including phenoxy) is 2. The second-order valence-corrected chi connectivity index (χ2v) is 5.62. The molecule has 1 aromatic rings. The molecular weight excluding hydrogens is 250 g/mol. The topological polar surface area (TPSA) is 44.5 Å². The van der Waals surface area contributed by atoms with Crippen molar-refractivity contribution in [2.24, 2.45) is 11.7 Å². The predicted octanol–water partition coefficient (Wildman–Crippen LogP) is 4.06. The van der Waals surface area contributed by atoms with Crippen molar-refractivity contribution in [3.05, 3.63) is 23.8 Å². The van der Waals surface area contributed by atoms with Gasteiger partial charge in [0.2, 0.25) is 0 Å². The molecule has 0 bridgehead atoms. The maximum atomic E-state index is 6.35. The van der Waals surface area contributed by atoms with Crippen molar-refractivity contribution >= 4 is 0 Å². The van der Waals surface area contributed by atoms with E-state index in [0.717, 1.165) is 30.9 Å². The van der Waals surface area contributed by atoms with E-state index in [2.05, 4.69) is 26.0 Å². The summed E-state index contributed by atoms with van der Waals surface area (Å²) in [6, 6.07) is 6.30. The fraction of sp³-hybridized carbons (Fsp3) is 0.647. The van der Waals surface area contributed by atoms with Gasteiger partial charge in [0.1, 0.15) is 0 Å². The lowest BCUT2D eigenvalue weighted by molar-refractivity contribution is 0.257. The molecule has 1 fully saturated rings. The summed E-state index contributed by atoms with van der Waals surface area (Å²) in [5.74, 6) is 2.31. The first-order chi connectivity index (χ1) is 9.76. The van der Waals surface area contributed by atoms with Crippen LogP contribution in [0, 0.1) is 5.92 Å². The highest BCUT2D eigenvalue weighted by Gasteiger charge is 2.26. The molecule has 0 radical (unpaired) electrons. The standard InChI is InChI=1S/C17H27NO2/c1-3-10-19-15-9-8-14(12-16(15)20-11-4-2)17(18)13-6-5-7-13/h8-9,12-13,17H,3-7,10-11,18H2,1-2H3. The lowest BCUT2D eigenvalue weighted by Crippen LogP contribution is -2.26. The Hall–Kier alpha value is -1.22. The van der Waals surface area contributed by atoms with Crippen LogP contribution in [0.1, 0.15) is 57.6 Å². The van der Waals surface area contributed by atoms with Gasteiger partial charge in [0.15, 0.2) is 11.5 Å². The Labute approximate surface area is 122 Å². The van der Waals surface area contributed by atoms with Crippen LogP contribution >= 0.6 is 0 Å². The second-order valence-electron chi connectivity index (χ2n) is 5.62. The van der Waals surface area contributed by atoms with Gasteiger partial charge in [-0.3, -0.25) is 0 Å². The van der Waals surface area contributed by atoms with Crippen LogP contribution in [0.25, 0.3) is 0 Å². The third-order valence-corrected chi connectivity index (χ3v) is 3.93. The van der Waals surface area contributed by atoms with E-state index in [1.807, 2.05) is 6.07 Å². The highest BCUT2D eigenvalue weighted by Crippen LogP contribution is 2.38. The van der Waals surface area contributed by atoms with Gasteiger partial charge in [0.25, 0.3) is 0 Å². The van der Waals surface area contributed by atoms with E-state index in [0.29, 0.717) is 12.5 Å². The molecule has 1 aliphatic carbocycles. The van der Waals surface area contributed by atoms with Crippen molar-refractivity contribution in [3.8, 4) is 11.5 Å². The average molecular weight is 277 g/mol. The van der Waals surface area contributed by atoms with Gasteiger partial charge in [-0.1, -0.05) is 26.3 Å². The van der Waals surface area contributed by atoms with Crippen molar-refractivity contribution in [2.45, 2.75) is 52.0 Å². The minimum atomic E-state index is 0.132. The lowest BCUT2D eigenvalue weighted by Gasteiger charge is -2.31. The molecule has 20 heavy (non-hydrogen) atoms. The molecule has 112 valence electrons. The molecule has 0 heterocycles. The normalized spacial score (nSPS) is 16.6. The highest BCUT2D eigenvalue weighted by molar-refractivity contribution is 5.44. The van der Waals surface area contributed by atoms with Gasteiger partial charge in [-0.05, 0) is 49.3 Å². The maximum Gasteiger partial charge on any atom is 0.161 e. The summed E-state index contributed by atoms with van der Waals surface area (Å²) >= 11 is 0. The Bertz CT molecular complexity index is 415. The van der Waals surface area contributed by atoms with Gasteiger partial charge in [-0.25, -0.2) is 0 Å². The zero-order chi connectivity index (χ0) is 14.4. The molecule has 2 rings (SSSR count). The molecule has 1 aromatic carbocycles. The minimum Gasteiger partial charge on any atom is -0.490 e. The first-order valence-electron chi connectivity index (χ1n) is 7.91. The van der Waals surface area contributed by atoms with Gasteiger partial charge in [0, 0.05) is 6.04 Å². The van der Waals surface area contributed by atoms with Crippen LogP contribution in [0.15, 0.2) is 18.2 Å². The van der Waals surface area contributed by atoms with E-state index in [1.165, 1.54) is 24.8 Å². The summed E-state index contributed by atoms with van der Waals surface area (Å²) in [6.45, 7) is 5.64. The largest absolute Gasteiger partial charge is 0.490 e. The molecule has 0 saturated heterocycles. The molecule has 1 unspecified atom stereocenters. The summed E-state index contributed by atoms with van der Waals surface area (Å²) in [4.78, 5) is 0. The van der Waals surface area contributed by atoms with Crippen molar-refractivity contribution < 1.29 is 9.47 Å². The Morgan fingerprint density at radius 1 is 1.10 bits per heavy atom. The average Bonchev–Trinajstić information content (AvgIpc) is 2.41. The van der Waals surface area contributed by atoms with Crippen LogP contribution < -0.4 is 15.2 Å². The van der Waals surface area contributed by atoms with Gasteiger partial charge in [0.05, 0.1) is 13.2 Å². The summed E-state index contributed by atoms with van der Waals surface area (Å²) in [7, 11) is 0. The molecule has 0 spiro atoms. The number of nitrogens with two attached hydrogens (primary N) is 1. The number of hydrogen-bond donors (Lipinski definition) is 1. The van der Waals surface area contributed by atoms with E-state index in [1.54, 1.807) is 0 Å². The van der Waals surface area contributed by atoms with Crippen molar-refractivity contribution in [2.75, 3.05) is 13.2 Å². The molecule has 2 N–H and O–H groups in total. The van der Waals surface area contributed by atoms with Crippen LogP contribution in [0.4, 0.5) is 0 Å². The summed E-state index contributed by atoms with van der Waals surface area (Å²) < 4.78 is 11.6. The number of benzene rings is 1. The highest BCUT2D eigenvalue weighted by atomic mass is 16.5. The minimum absolute atomic E-state index is 0.132. The van der Waals surface area contributed by atoms with E-state index < -0.39 is 0 Å². The molecule has 1 atom stereocenters. The lowest BCUT2D eigenvalue weighted by atomic mass is 9.77. The molecule has 1 aliphatic rings. The van der Waals surface area contributed by atoms with E-state index >= 15 is 0 Å². The van der Waals surface area contributed by atoms with Gasteiger partial charge in [-0.2, -0.15) is 0 Å². The molecule has 1 saturated carbocycles. The van der Waals surface area contributed by atoms with Crippen LogP contribution in [0.3, 0.4) is 0 Å². The van der Waals surface area contributed by atoms with Crippen molar-refractivity contribution in [1.29, 1.82) is 0 Å². The Morgan fingerprint density at radius 3 is 2.30 bits per heavy atom. The summed E-state index contributed by atoms with van der Waals surface area (Å²) in [6.07, 6.45) is 5.80. The zero-order valence-electron chi connectivity index (χ0n) is 12.7. The van der Waals surface area contributed by atoms with Crippen LogP contribution in [-0.4, -0.2) is 13.2 Å². The maximum absolute atomic E-state index is 6.35. The predicted molar refractivity (Wildman–Crippen MR) is 82.3 cm³/mol. The molecule has 0 aromatic heterocycles. The molecule has 3 heteroatoms. The zero-order valence-corrected chi connectivity index (χ0v) is 12.7. The number of hydrogen-bond acceptors (Lipinski definition) is 3. The molecule has 3 nitrogen and oxygen atoms in total. The smallest absolute Gasteiger partial charge is 0.161 e. The second kappa shape index (κ2) is 7.53. The van der Waals surface area contributed by atoms with Gasteiger partial charge >= 0.3 is 0 Å². The van der Waals surface area contributed by atoms with E-state index in [-0.39, 0.29) is 6.04 Å². The third kappa shape index (κ3) is 3.66. The fourth-order valence-corrected chi connectivity index (χ4v) is 2.46. The number of rotatable bonds is 8. The summed E-state index contributed by atoms with van der Waals surface area (Å²) in [5.41, 5.74) is 7.52. The molecular formula is C17H27NO2. The first kappa shape index (κ1) is 15.2. The van der Waals surface area contributed by atoms with Crippen LogP contribution in [0.5, 0.6) is 11.5 Å².